The lowest BCUT2D eigenvalue weighted by molar-refractivity contribution is 0.535. The van der Waals surface area contributed by atoms with Gasteiger partial charge in [0, 0.05) is 10.9 Å². The zero-order valence-corrected chi connectivity index (χ0v) is 9.11. The van der Waals surface area contributed by atoms with Crippen LogP contribution in [0.1, 0.15) is 37.2 Å². The lowest BCUT2D eigenvalue weighted by Crippen LogP contribution is -2.10. The molecule has 0 aliphatic heterocycles. The van der Waals surface area contributed by atoms with Crippen LogP contribution in [0.5, 0.6) is 0 Å². The van der Waals surface area contributed by atoms with E-state index in [0.29, 0.717) is 11.5 Å². The summed E-state index contributed by atoms with van der Waals surface area (Å²) in [5.74, 6) is 0.417. The Bertz CT molecular complexity index is 562. The van der Waals surface area contributed by atoms with E-state index in [9.17, 15) is 4.79 Å². The van der Waals surface area contributed by atoms with Crippen LogP contribution in [0.4, 0.5) is 0 Å². The van der Waals surface area contributed by atoms with Crippen molar-refractivity contribution in [2.75, 3.05) is 0 Å². The molecule has 0 amide bonds. The van der Waals surface area contributed by atoms with Gasteiger partial charge in [-0.2, -0.15) is 0 Å². The number of benzene rings is 1. The lowest BCUT2D eigenvalue weighted by atomic mass is 9.98. The van der Waals surface area contributed by atoms with Crippen molar-refractivity contribution in [1.29, 1.82) is 0 Å². The van der Waals surface area contributed by atoms with Crippen LogP contribution >= 0.6 is 0 Å². The summed E-state index contributed by atoms with van der Waals surface area (Å²) in [4.78, 5) is 11.9. The van der Waals surface area contributed by atoms with Gasteiger partial charge < -0.3 is 4.42 Å². The van der Waals surface area contributed by atoms with Crippen molar-refractivity contribution in [1.82, 2.24) is 0 Å². The molecule has 3 rings (SSSR count). The van der Waals surface area contributed by atoms with Gasteiger partial charge in [0.25, 0.3) is 0 Å². The van der Waals surface area contributed by atoms with E-state index in [1.165, 1.54) is 12.8 Å². The molecule has 1 heterocycles. The van der Waals surface area contributed by atoms with E-state index >= 15 is 0 Å². The molecule has 82 valence electrons. The molecule has 2 nitrogen and oxygen atoms in total. The third kappa shape index (κ3) is 1.54. The van der Waals surface area contributed by atoms with Crippen LogP contribution in [0.3, 0.4) is 0 Å². The van der Waals surface area contributed by atoms with Crippen molar-refractivity contribution >= 4 is 11.0 Å². The first-order valence-corrected chi connectivity index (χ1v) is 5.87. The molecule has 0 saturated heterocycles. The number of para-hydroxylation sites is 1. The topological polar surface area (TPSA) is 30.2 Å². The molecule has 1 aliphatic rings. The van der Waals surface area contributed by atoms with Crippen LogP contribution < -0.4 is 5.63 Å². The van der Waals surface area contributed by atoms with E-state index in [2.05, 4.69) is 0 Å². The van der Waals surface area contributed by atoms with E-state index in [4.69, 9.17) is 4.42 Å². The van der Waals surface area contributed by atoms with Gasteiger partial charge in [0.05, 0.1) is 0 Å². The normalized spacial score (nSPS) is 17.0. The first-order chi connectivity index (χ1) is 7.84. The van der Waals surface area contributed by atoms with Crippen LogP contribution in [0.25, 0.3) is 11.0 Å². The Morgan fingerprint density at radius 3 is 2.69 bits per heavy atom. The molecule has 1 aromatic heterocycles. The summed E-state index contributed by atoms with van der Waals surface area (Å²) in [5.41, 5.74) is 1.41. The second-order valence-electron chi connectivity index (χ2n) is 4.51. The molecule has 1 saturated carbocycles. The fraction of sp³-hybridized carbons (Fsp3) is 0.357. The molecular weight excluding hydrogens is 200 g/mol. The van der Waals surface area contributed by atoms with Gasteiger partial charge in [0.2, 0.25) is 0 Å². The highest BCUT2D eigenvalue weighted by atomic mass is 16.4. The van der Waals surface area contributed by atoms with Gasteiger partial charge >= 0.3 is 5.63 Å². The van der Waals surface area contributed by atoms with Crippen molar-refractivity contribution in [2.24, 2.45) is 0 Å². The zero-order valence-electron chi connectivity index (χ0n) is 9.11. The van der Waals surface area contributed by atoms with Crippen LogP contribution in [-0.4, -0.2) is 0 Å². The number of fused-ring (bicyclic) bond motifs is 1. The molecule has 2 heteroatoms. The second kappa shape index (κ2) is 3.78. The average molecular weight is 214 g/mol. The van der Waals surface area contributed by atoms with Crippen molar-refractivity contribution in [3.8, 4) is 0 Å². The molecule has 16 heavy (non-hydrogen) atoms. The maximum Gasteiger partial charge on any atom is 0.339 e. The summed E-state index contributed by atoms with van der Waals surface area (Å²) in [6, 6.07) is 9.71. The van der Waals surface area contributed by atoms with Gasteiger partial charge in [-0.05, 0) is 30.9 Å². The standard InChI is InChI=1S/C14H14O2/c15-14-12(10-5-1-2-6-10)9-11-7-3-4-8-13(11)16-14/h3-4,7-10H,1-2,5-6H2. The van der Waals surface area contributed by atoms with Gasteiger partial charge in [-0.3, -0.25) is 0 Å². The fourth-order valence-corrected chi connectivity index (χ4v) is 2.60. The predicted molar refractivity (Wildman–Crippen MR) is 63.7 cm³/mol. The molecule has 1 aromatic carbocycles. The summed E-state index contributed by atoms with van der Waals surface area (Å²) in [5, 5.41) is 1.03. The van der Waals surface area contributed by atoms with Crippen LogP contribution in [0, 0.1) is 0 Å². The first kappa shape index (κ1) is 9.64. The van der Waals surface area contributed by atoms with E-state index in [0.717, 1.165) is 23.8 Å². The fourth-order valence-electron chi connectivity index (χ4n) is 2.60. The highest BCUT2D eigenvalue weighted by Crippen LogP contribution is 2.33. The van der Waals surface area contributed by atoms with Crippen molar-refractivity contribution in [3.05, 3.63) is 46.3 Å². The number of hydrogen-bond acceptors (Lipinski definition) is 2. The minimum atomic E-state index is -0.148. The van der Waals surface area contributed by atoms with Crippen LogP contribution in [-0.2, 0) is 0 Å². The van der Waals surface area contributed by atoms with Gasteiger partial charge in [-0.1, -0.05) is 31.0 Å². The molecule has 1 fully saturated rings. The Kier molecular flexibility index (Phi) is 2.28. The predicted octanol–water partition coefficient (Wildman–Crippen LogP) is 3.45. The molecule has 0 N–H and O–H groups in total. The lowest BCUT2D eigenvalue weighted by Gasteiger charge is -2.07. The zero-order chi connectivity index (χ0) is 11.0. The number of rotatable bonds is 1. The van der Waals surface area contributed by atoms with E-state index in [-0.39, 0.29) is 5.63 Å². The maximum atomic E-state index is 11.9. The largest absolute Gasteiger partial charge is 0.423 e. The molecule has 1 aliphatic carbocycles. The average Bonchev–Trinajstić information content (AvgIpc) is 2.81. The van der Waals surface area contributed by atoms with E-state index in [1.807, 2.05) is 30.3 Å². The van der Waals surface area contributed by atoms with Crippen molar-refractivity contribution in [2.45, 2.75) is 31.6 Å². The molecule has 0 bridgehead atoms. The minimum absolute atomic E-state index is 0.148. The van der Waals surface area contributed by atoms with E-state index in [1.54, 1.807) is 0 Å². The van der Waals surface area contributed by atoms with Gasteiger partial charge in [0.1, 0.15) is 5.58 Å². The highest BCUT2D eigenvalue weighted by molar-refractivity contribution is 5.76. The Morgan fingerprint density at radius 1 is 1.12 bits per heavy atom. The summed E-state index contributed by atoms with van der Waals surface area (Å²) in [6.45, 7) is 0. The van der Waals surface area contributed by atoms with E-state index < -0.39 is 0 Å². The maximum absolute atomic E-state index is 11.9. The molecule has 0 unspecified atom stereocenters. The summed E-state index contributed by atoms with van der Waals surface area (Å²) in [6.07, 6.45) is 4.72. The quantitative estimate of drug-likeness (QED) is 0.680. The van der Waals surface area contributed by atoms with Crippen LogP contribution in [0.2, 0.25) is 0 Å². The highest BCUT2D eigenvalue weighted by Gasteiger charge is 2.20. The Morgan fingerprint density at radius 2 is 1.88 bits per heavy atom. The summed E-state index contributed by atoms with van der Waals surface area (Å²) in [7, 11) is 0. The molecular formula is C14H14O2. The van der Waals surface area contributed by atoms with Crippen LogP contribution in [0.15, 0.2) is 39.5 Å². The Balaban J connectivity index is 2.17. The summed E-state index contributed by atoms with van der Waals surface area (Å²) >= 11 is 0. The van der Waals surface area contributed by atoms with Gasteiger partial charge in [-0.25, -0.2) is 4.79 Å². The second-order valence-corrected chi connectivity index (χ2v) is 4.51. The van der Waals surface area contributed by atoms with Crippen molar-refractivity contribution in [3.63, 3.8) is 0 Å². The SMILES string of the molecule is O=c1oc2ccccc2cc1C1CCCC1. The number of hydrogen-bond donors (Lipinski definition) is 0. The third-order valence-corrected chi connectivity index (χ3v) is 3.46. The molecule has 0 atom stereocenters. The monoisotopic (exact) mass is 214 g/mol. The molecule has 2 aromatic rings. The Hall–Kier alpha value is -1.57. The van der Waals surface area contributed by atoms with Gasteiger partial charge in [0.15, 0.2) is 0 Å². The van der Waals surface area contributed by atoms with Crippen molar-refractivity contribution < 1.29 is 4.42 Å². The first-order valence-electron chi connectivity index (χ1n) is 5.87. The molecule has 0 radical (unpaired) electrons. The smallest absolute Gasteiger partial charge is 0.339 e. The summed E-state index contributed by atoms with van der Waals surface area (Å²) < 4.78 is 5.35. The van der Waals surface area contributed by atoms with Gasteiger partial charge in [-0.15, -0.1) is 0 Å². The molecule has 0 spiro atoms. The minimum Gasteiger partial charge on any atom is -0.423 e. The third-order valence-electron chi connectivity index (χ3n) is 3.46. The Labute approximate surface area is 93.9 Å².